The van der Waals surface area contributed by atoms with Crippen molar-refractivity contribution in [1.29, 1.82) is 0 Å². The van der Waals surface area contributed by atoms with Gasteiger partial charge in [0.05, 0.1) is 0 Å². The summed E-state index contributed by atoms with van der Waals surface area (Å²) in [5.41, 5.74) is 0. The summed E-state index contributed by atoms with van der Waals surface area (Å²) in [7, 11) is 0. The molecule has 0 saturated carbocycles. The fourth-order valence-corrected chi connectivity index (χ4v) is 1.66. The van der Waals surface area contributed by atoms with E-state index in [1.165, 1.54) is 12.5 Å². The number of rotatable bonds is 3. The second-order valence-corrected chi connectivity index (χ2v) is 3.04. The Kier molecular flexibility index (Phi) is 3.29. The number of carboxylic acid groups (broad SMARTS) is 1. The number of aliphatic carboxylic acids is 1. The highest BCUT2D eigenvalue weighted by molar-refractivity contribution is 5.79. The number of nitrogens with zero attached hydrogens (tertiary/aromatic N) is 1. The zero-order valence-electron chi connectivity index (χ0n) is 7.36. The molecule has 68 valence electrons. The molecule has 1 aliphatic heterocycles. The number of hydrogen-bond donors (Lipinski definition) is 1. The zero-order valence-corrected chi connectivity index (χ0v) is 7.36. The maximum absolute atomic E-state index is 10.2. The van der Waals surface area contributed by atoms with Gasteiger partial charge in [0.15, 0.2) is 0 Å². The van der Waals surface area contributed by atoms with Crippen molar-refractivity contribution in [2.24, 2.45) is 0 Å². The van der Waals surface area contributed by atoms with Crippen molar-refractivity contribution in [3.63, 3.8) is 0 Å². The molecule has 0 aromatic rings. The Morgan fingerprint density at radius 1 is 1.75 bits per heavy atom. The Labute approximate surface area is 72.7 Å². The predicted octanol–water partition coefficient (Wildman–Crippen LogP) is 1.11. The summed E-state index contributed by atoms with van der Waals surface area (Å²) in [6.07, 6.45) is 5.32. The summed E-state index contributed by atoms with van der Waals surface area (Å²) >= 11 is 0. The molecule has 1 saturated heterocycles. The van der Waals surface area contributed by atoms with Gasteiger partial charge in [-0.15, -0.1) is 0 Å². The largest absolute Gasteiger partial charge is 0.478 e. The molecule has 0 radical (unpaired) electrons. The number of hydrogen-bond acceptors (Lipinski definition) is 2. The first kappa shape index (κ1) is 9.26. The molecule has 0 bridgehead atoms. The van der Waals surface area contributed by atoms with Crippen LogP contribution in [-0.2, 0) is 4.79 Å². The molecular weight excluding hydrogens is 154 g/mol. The Balaban J connectivity index is 2.45. The van der Waals surface area contributed by atoms with Crippen molar-refractivity contribution >= 4 is 5.97 Å². The van der Waals surface area contributed by atoms with Crippen molar-refractivity contribution in [2.45, 2.75) is 25.8 Å². The van der Waals surface area contributed by atoms with Crippen LogP contribution in [0.5, 0.6) is 0 Å². The van der Waals surface area contributed by atoms with Gasteiger partial charge in [-0.05, 0) is 25.9 Å². The minimum atomic E-state index is -0.849. The fraction of sp³-hybridized carbons (Fsp3) is 0.667. The maximum atomic E-state index is 10.2. The van der Waals surface area contributed by atoms with Gasteiger partial charge in [0.2, 0.25) is 0 Å². The fourth-order valence-electron chi connectivity index (χ4n) is 1.66. The standard InChI is InChI=1S/C9H15NO2/c1-2-10-7-3-4-8(10)5-6-9(11)12/h5-6,8H,2-4,7H2,1H3,(H,11,12)/b6-5-. The van der Waals surface area contributed by atoms with Crippen LogP contribution in [0.15, 0.2) is 12.2 Å². The lowest BCUT2D eigenvalue weighted by Crippen LogP contribution is -2.27. The minimum absolute atomic E-state index is 0.353. The first-order chi connectivity index (χ1) is 5.74. The SMILES string of the molecule is CCN1CCCC1/C=C\C(=O)O. The van der Waals surface area contributed by atoms with E-state index < -0.39 is 5.97 Å². The number of carbonyl (C=O) groups is 1. The lowest BCUT2D eigenvalue weighted by molar-refractivity contribution is -0.131. The van der Waals surface area contributed by atoms with Gasteiger partial charge in [-0.3, -0.25) is 4.90 Å². The molecule has 0 spiro atoms. The lowest BCUT2D eigenvalue weighted by atomic mass is 10.2. The Morgan fingerprint density at radius 2 is 2.50 bits per heavy atom. The van der Waals surface area contributed by atoms with Gasteiger partial charge in [-0.25, -0.2) is 4.79 Å². The molecule has 1 unspecified atom stereocenters. The summed E-state index contributed by atoms with van der Waals surface area (Å²) in [6.45, 7) is 4.21. The molecule has 0 amide bonds. The summed E-state index contributed by atoms with van der Waals surface area (Å²) in [5, 5.41) is 8.43. The van der Waals surface area contributed by atoms with E-state index in [0.717, 1.165) is 19.5 Å². The quantitative estimate of drug-likeness (QED) is 0.643. The van der Waals surface area contributed by atoms with Gasteiger partial charge in [0, 0.05) is 12.1 Å². The zero-order chi connectivity index (χ0) is 8.97. The van der Waals surface area contributed by atoms with Gasteiger partial charge in [-0.1, -0.05) is 13.0 Å². The molecule has 0 aromatic carbocycles. The molecule has 1 aliphatic rings. The third-order valence-corrected chi connectivity index (χ3v) is 2.28. The van der Waals surface area contributed by atoms with Crippen LogP contribution in [0.2, 0.25) is 0 Å². The van der Waals surface area contributed by atoms with E-state index in [2.05, 4.69) is 11.8 Å². The topological polar surface area (TPSA) is 40.5 Å². The van der Waals surface area contributed by atoms with E-state index in [1.807, 2.05) is 0 Å². The molecule has 3 heteroatoms. The van der Waals surface area contributed by atoms with E-state index in [1.54, 1.807) is 6.08 Å². The van der Waals surface area contributed by atoms with Crippen molar-refractivity contribution in [2.75, 3.05) is 13.1 Å². The molecule has 1 fully saturated rings. The van der Waals surface area contributed by atoms with Crippen LogP contribution >= 0.6 is 0 Å². The number of carboxylic acids is 1. The number of likely N-dealkylation sites (tertiary alicyclic amines) is 1. The second kappa shape index (κ2) is 4.26. The third kappa shape index (κ3) is 2.34. The van der Waals surface area contributed by atoms with E-state index in [-0.39, 0.29) is 0 Å². The average Bonchev–Trinajstić information content (AvgIpc) is 2.47. The van der Waals surface area contributed by atoms with Crippen LogP contribution in [0.25, 0.3) is 0 Å². The van der Waals surface area contributed by atoms with Crippen LogP contribution in [0.3, 0.4) is 0 Å². The molecule has 0 aromatic heterocycles. The monoisotopic (exact) mass is 169 g/mol. The summed E-state index contributed by atoms with van der Waals surface area (Å²) in [6, 6.07) is 0.353. The Hall–Kier alpha value is -0.830. The smallest absolute Gasteiger partial charge is 0.328 e. The van der Waals surface area contributed by atoms with E-state index in [9.17, 15) is 4.79 Å². The molecule has 1 rings (SSSR count). The molecule has 1 N–H and O–H groups in total. The van der Waals surface area contributed by atoms with Crippen LogP contribution < -0.4 is 0 Å². The van der Waals surface area contributed by atoms with Gasteiger partial charge in [0.1, 0.15) is 0 Å². The van der Waals surface area contributed by atoms with Crippen LogP contribution in [0.1, 0.15) is 19.8 Å². The summed E-state index contributed by atoms with van der Waals surface area (Å²) in [4.78, 5) is 12.5. The highest BCUT2D eigenvalue weighted by atomic mass is 16.4. The van der Waals surface area contributed by atoms with Crippen molar-refractivity contribution in [1.82, 2.24) is 4.90 Å². The molecule has 12 heavy (non-hydrogen) atoms. The highest BCUT2D eigenvalue weighted by Crippen LogP contribution is 2.17. The minimum Gasteiger partial charge on any atom is -0.478 e. The second-order valence-electron chi connectivity index (χ2n) is 3.04. The summed E-state index contributed by atoms with van der Waals surface area (Å²) in [5.74, 6) is -0.849. The molecule has 0 aliphatic carbocycles. The van der Waals surface area contributed by atoms with Crippen molar-refractivity contribution in [3.05, 3.63) is 12.2 Å². The van der Waals surface area contributed by atoms with Gasteiger partial charge < -0.3 is 5.11 Å². The van der Waals surface area contributed by atoms with Gasteiger partial charge in [-0.2, -0.15) is 0 Å². The average molecular weight is 169 g/mol. The molecular formula is C9H15NO2. The van der Waals surface area contributed by atoms with Crippen LogP contribution in [0, 0.1) is 0 Å². The Morgan fingerprint density at radius 3 is 3.08 bits per heavy atom. The molecule has 3 nitrogen and oxygen atoms in total. The third-order valence-electron chi connectivity index (χ3n) is 2.28. The lowest BCUT2D eigenvalue weighted by Gasteiger charge is -2.18. The van der Waals surface area contributed by atoms with Crippen molar-refractivity contribution < 1.29 is 9.90 Å². The summed E-state index contributed by atoms with van der Waals surface area (Å²) < 4.78 is 0. The van der Waals surface area contributed by atoms with Crippen LogP contribution in [-0.4, -0.2) is 35.1 Å². The maximum Gasteiger partial charge on any atom is 0.328 e. The predicted molar refractivity (Wildman–Crippen MR) is 47.0 cm³/mol. The van der Waals surface area contributed by atoms with Crippen LogP contribution in [0.4, 0.5) is 0 Å². The molecule has 1 atom stereocenters. The first-order valence-corrected chi connectivity index (χ1v) is 4.39. The van der Waals surface area contributed by atoms with Crippen molar-refractivity contribution in [3.8, 4) is 0 Å². The van der Waals surface area contributed by atoms with E-state index >= 15 is 0 Å². The highest BCUT2D eigenvalue weighted by Gasteiger charge is 2.19. The normalized spacial score (nSPS) is 25.2. The van der Waals surface area contributed by atoms with E-state index in [0.29, 0.717) is 6.04 Å². The Bertz CT molecular complexity index is 189. The van der Waals surface area contributed by atoms with Gasteiger partial charge >= 0.3 is 5.97 Å². The van der Waals surface area contributed by atoms with E-state index in [4.69, 9.17) is 5.11 Å². The number of likely N-dealkylation sites (N-methyl/N-ethyl adjacent to an activating group) is 1. The first-order valence-electron chi connectivity index (χ1n) is 4.39. The van der Waals surface area contributed by atoms with Gasteiger partial charge in [0.25, 0.3) is 0 Å². The molecule has 1 heterocycles.